The average molecular weight is 130 g/mol. The molecule has 0 spiro atoms. The lowest BCUT2D eigenvalue weighted by molar-refractivity contribution is 0.253. The maximum absolute atomic E-state index is 5.52. The fourth-order valence-corrected chi connectivity index (χ4v) is 0.916. The van der Waals surface area contributed by atoms with Crippen molar-refractivity contribution < 1.29 is 0 Å². The predicted octanol–water partition coefficient (Wildman–Crippen LogP) is 0.675. The van der Waals surface area contributed by atoms with Gasteiger partial charge in [-0.2, -0.15) is 0 Å². The van der Waals surface area contributed by atoms with E-state index in [0.717, 1.165) is 19.5 Å². The Labute approximate surface area is 58.0 Å². The van der Waals surface area contributed by atoms with Crippen LogP contribution in [0.25, 0.3) is 0 Å². The highest BCUT2D eigenvalue weighted by molar-refractivity contribution is 4.65. The summed E-state index contributed by atoms with van der Waals surface area (Å²) >= 11 is 0. The Bertz CT molecular complexity index is 59.9. The van der Waals surface area contributed by atoms with E-state index in [4.69, 9.17) is 5.73 Å². The first kappa shape index (κ1) is 8.92. The molecule has 0 aromatic rings. The van der Waals surface area contributed by atoms with E-state index >= 15 is 0 Å². The molecule has 0 saturated heterocycles. The van der Waals surface area contributed by atoms with Gasteiger partial charge in [-0.3, -0.25) is 0 Å². The van der Waals surface area contributed by atoms with Gasteiger partial charge in [0, 0.05) is 12.6 Å². The van der Waals surface area contributed by atoms with Crippen LogP contribution in [0.15, 0.2) is 0 Å². The SMILES string of the molecule is CC[C@@H](CN)N(C)CC. The molecule has 2 heteroatoms. The summed E-state index contributed by atoms with van der Waals surface area (Å²) in [6.07, 6.45) is 1.15. The molecular formula is C7H18N2. The van der Waals surface area contributed by atoms with Crippen molar-refractivity contribution in [3.8, 4) is 0 Å². The lowest BCUT2D eigenvalue weighted by atomic mass is 10.2. The van der Waals surface area contributed by atoms with E-state index in [1.807, 2.05) is 0 Å². The van der Waals surface area contributed by atoms with Gasteiger partial charge in [0.1, 0.15) is 0 Å². The summed E-state index contributed by atoms with van der Waals surface area (Å²) in [5.74, 6) is 0. The molecule has 2 N–H and O–H groups in total. The van der Waals surface area contributed by atoms with Crippen LogP contribution in [0.1, 0.15) is 20.3 Å². The van der Waals surface area contributed by atoms with Crippen molar-refractivity contribution in [2.45, 2.75) is 26.3 Å². The first-order chi connectivity index (χ1) is 4.26. The summed E-state index contributed by atoms with van der Waals surface area (Å²) < 4.78 is 0. The molecule has 56 valence electrons. The van der Waals surface area contributed by atoms with Crippen molar-refractivity contribution in [3.63, 3.8) is 0 Å². The summed E-state index contributed by atoms with van der Waals surface area (Å²) in [4.78, 5) is 2.28. The largest absolute Gasteiger partial charge is 0.329 e. The summed E-state index contributed by atoms with van der Waals surface area (Å²) in [6.45, 7) is 6.19. The maximum Gasteiger partial charge on any atom is 0.0212 e. The van der Waals surface area contributed by atoms with Gasteiger partial charge in [-0.05, 0) is 20.0 Å². The molecule has 0 aliphatic carbocycles. The van der Waals surface area contributed by atoms with E-state index in [1.165, 1.54) is 0 Å². The second-order valence-corrected chi connectivity index (χ2v) is 2.37. The molecule has 0 aliphatic heterocycles. The van der Waals surface area contributed by atoms with Crippen LogP contribution in [0.2, 0.25) is 0 Å². The molecule has 0 fully saturated rings. The molecule has 0 unspecified atom stereocenters. The molecule has 0 saturated carbocycles. The van der Waals surface area contributed by atoms with Crippen LogP contribution in [-0.4, -0.2) is 31.1 Å². The Balaban J connectivity index is 3.50. The molecule has 0 aliphatic rings. The predicted molar refractivity (Wildman–Crippen MR) is 41.4 cm³/mol. The van der Waals surface area contributed by atoms with Gasteiger partial charge in [0.15, 0.2) is 0 Å². The molecule has 0 heterocycles. The van der Waals surface area contributed by atoms with E-state index in [1.54, 1.807) is 0 Å². The molecule has 0 aromatic heterocycles. The monoisotopic (exact) mass is 130 g/mol. The Hall–Kier alpha value is -0.0800. The van der Waals surface area contributed by atoms with Crippen LogP contribution in [0, 0.1) is 0 Å². The van der Waals surface area contributed by atoms with Crippen LogP contribution < -0.4 is 5.73 Å². The van der Waals surface area contributed by atoms with Crippen LogP contribution in [0.4, 0.5) is 0 Å². The van der Waals surface area contributed by atoms with E-state index in [-0.39, 0.29) is 0 Å². The Morgan fingerprint density at radius 3 is 2.11 bits per heavy atom. The third-order valence-electron chi connectivity index (χ3n) is 1.87. The lowest BCUT2D eigenvalue weighted by Crippen LogP contribution is -2.36. The molecule has 0 rings (SSSR count). The van der Waals surface area contributed by atoms with Crippen LogP contribution >= 0.6 is 0 Å². The maximum atomic E-state index is 5.52. The minimum atomic E-state index is 0.579. The normalized spacial score (nSPS) is 14.3. The molecule has 0 radical (unpaired) electrons. The molecule has 2 nitrogen and oxygen atoms in total. The van der Waals surface area contributed by atoms with Crippen molar-refractivity contribution in [2.24, 2.45) is 5.73 Å². The van der Waals surface area contributed by atoms with Crippen molar-refractivity contribution in [2.75, 3.05) is 20.1 Å². The van der Waals surface area contributed by atoms with Gasteiger partial charge < -0.3 is 10.6 Å². The molecular weight excluding hydrogens is 112 g/mol. The number of likely N-dealkylation sites (N-methyl/N-ethyl adjacent to an activating group) is 1. The number of nitrogens with zero attached hydrogens (tertiary/aromatic N) is 1. The van der Waals surface area contributed by atoms with Gasteiger partial charge in [-0.15, -0.1) is 0 Å². The highest BCUT2D eigenvalue weighted by Gasteiger charge is 2.06. The zero-order valence-corrected chi connectivity index (χ0v) is 6.72. The van der Waals surface area contributed by atoms with Gasteiger partial charge in [0.25, 0.3) is 0 Å². The molecule has 1 atom stereocenters. The fourth-order valence-electron chi connectivity index (χ4n) is 0.916. The Morgan fingerprint density at radius 2 is 2.00 bits per heavy atom. The second kappa shape index (κ2) is 4.77. The van der Waals surface area contributed by atoms with Crippen LogP contribution in [0.3, 0.4) is 0 Å². The summed E-state index contributed by atoms with van der Waals surface area (Å²) in [6, 6.07) is 0.579. The first-order valence-electron chi connectivity index (χ1n) is 3.66. The third kappa shape index (κ3) is 2.82. The number of hydrogen-bond donors (Lipinski definition) is 1. The van der Waals surface area contributed by atoms with Crippen molar-refractivity contribution >= 4 is 0 Å². The van der Waals surface area contributed by atoms with Crippen LogP contribution in [0.5, 0.6) is 0 Å². The zero-order chi connectivity index (χ0) is 7.28. The van der Waals surface area contributed by atoms with Crippen molar-refractivity contribution in [3.05, 3.63) is 0 Å². The Morgan fingerprint density at radius 1 is 1.44 bits per heavy atom. The smallest absolute Gasteiger partial charge is 0.0212 e. The minimum absolute atomic E-state index is 0.579. The van der Waals surface area contributed by atoms with Gasteiger partial charge >= 0.3 is 0 Å². The topological polar surface area (TPSA) is 29.3 Å². The molecule has 0 bridgehead atoms. The lowest BCUT2D eigenvalue weighted by Gasteiger charge is -2.23. The van der Waals surface area contributed by atoms with E-state index < -0.39 is 0 Å². The zero-order valence-electron chi connectivity index (χ0n) is 6.72. The highest BCUT2D eigenvalue weighted by Crippen LogP contribution is 1.97. The summed E-state index contributed by atoms with van der Waals surface area (Å²) in [5.41, 5.74) is 5.52. The van der Waals surface area contributed by atoms with Crippen molar-refractivity contribution in [1.82, 2.24) is 4.90 Å². The number of rotatable bonds is 4. The summed E-state index contributed by atoms with van der Waals surface area (Å²) in [5, 5.41) is 0. The quantitative estimate of drug-likeness (QED) is 0.606. The minimum Gasteiger partial charge on any atom is -0.329 e. The van der Waals surface area contributed by atoms with E-state index in [2.05, 4.69) is 25.8 Å². The standard InChI is InChI=1S/C7H18N2/c1-4-7(6-8)9(3)5-2/h7H,4-6,8H2,1-3H3/t7-/m0/s1. The van der Waals surface area contributed by atoms with Crippen molar-refractivity contribution in [1.29, 1.82) is 0 Å². The molecule has 0 amide bonds. The van der Waals surface area contributed by atoms with Gasteiger partial charge in [0.2, 0.25) is 0 Å². The third-order valence-corrected chi connectivity index (χ3v) is 1.87. The Kier molecular flexibility index (Phi) is 4.72. The highest BCUT2D eigenvalue weighted by atomic mass is 15.1. The average Bonchev–Trinajstić information content (AvgIpc) is 1.90. The van der Waals surface area contributed by atoms with Gasteiger partial charge in [-0.1, -0.05) is 13.8 Å². The number of nitrogens with two attached hydrogens (primary N) is 1. The molecule has 0 aromatic carbocycles. The van der Waals surface area contributed by atoms with E-state index in [9.17, 15) is 0 Å². The second-order valence-electron chi connectivity index (χ2n) is 2.37. The fraction of sp³-hybridized carbons (Fsp3) is 1.00. The van der Waals surface area contributed by atoms with Gasteiger partial charge in [-0.25, -0.2) is 0 Å². The first-order valence-corrected chi connectivity index (χ1v) is 3.66. The van der Waals surface area contributed by atoms with E-state index in [0.29, 0.717) is 6.04 Å². The molecule has 9 heavy (non-hydrogen) atoms. The summed E-state index contributed by atoms with van der Waals surface area (Å²) in [7, 11) is 2.11. The van der Waals surface area contributed by atoms with Crippen LogP contribution in [-0.2, 0) is 0 Å². The van der Waals surface area contributed by atoms with Gasteiger partial charge in [0.05, 0.1) is 0 Å². The number of hydrogen-bond acceptors (Lipinski definition) is 2.